The van der Waals surface area contributed by atoms with Crippen molar-refractivity contribution < 1.29 is 9.53 Å². The van der Waals surface area contributed by atoms with Gasteiger partial charge < -0.3 is 4.74 Å². The van der Waals surface area contributed by atoms with Gasteiger partial charge in [0.25, 0.3) is 0 Å². The summed E-state index contributed by atoms with van der Waals surface area (Å²) in [5, 5.41) is 0. The van der Waals surface area contributed by atoms with Gasteiger partial charge in [0.2, 0.25) is 0 Å². The fourth-order valence-electron chi connectivity index (χ4n) is 2.76. The number of ketones is 1. The zero-order valence-corrected chi connectivity index (χ0v) is 9.58. The van der Waals surface area contributed by atoms with E-state index in [0.29, 0.717) is 17.7 Å². The first-order valence-electron chi connectivity index (χ1n) is 6.07. The molecule has 2 heterocycles. The number of ether oxygens (including phenoxy) is 1. The van der Waals surface area contributed by atoms with E-state index in [2.05, 4.69) is 4.90 Å². The third-order valence-electron chi connectivity index (χ3n) is 3.54. The average molecular weight is 211 g/mol. The summed E-state index contributed by atoms with van der Waals surface area (Å²) in [5.74, 6) is 1.03. The van der Waals surface area contributed by atoms with Gasteiger partial charge in [-0.2, -0.15) is 0 Å². The van der Waals surface area contributed by atoms with Crippen molar-refractivity contribution in [3.8, 4) is 0 Å². The predicted molar refractivity (Wildman–Crippen MR) is 58.8 cm³/mol. The number of Topliss-reactive ketones (excluding diaryl/α,β-unsaturated/α-hetero) is 1. The van der Waals surface area contributed by atoms with E-state index in [1.54, 1.807) is 6.92 Å². The Morgan fingerprint density at radius 1 is 1.47 bits per heavy atom. The molecule has 0 aromatic carbocycles. The molecule has 86 valence electrons. The van der Waals surface area contributed by atoms with E-state index in [1.807, 2.05) is 0 Å². The molecule has 2 saturated heterocycles. The van der Waals surface area contributed by atoms with Crippen molar-refractivity contribution in [1.29, 1.82) is 0 Å². The molecule has 2 aliphatic rings. The summed E-state index contributed by atoms with van der Waals surface area (Å²) in [7, 11) is 0. The Morgan fingerprint density at radius 3 is 3.00 bits per heavy atom. The highest BCUT2D eigenvalue weighted by Gasteiger charge is 2.28. The SMILES string of the molecule is CC(=O)CC1CCCN1CC1CCOC1. The predicted octanol–water partition coefficient (Wildman–Crippen LogP) is 1.47. The van der Waals surface area contributed by atoms with E-state index >= 15 is 0 Å². The Labute approximate surface area is 91.8 Å². The first-order valence-corrected chi connectivity index (χ1v) is 6.07. The Balaban J connectivity index is 1.81. The van der Waals surface area contributed by atoms with Crippen molar-refractivity contribution in [2.45, 2.75) is 38.6 Å². The Kier molecular flexibility index (Phi) is 3.76. The molecular formula is C12H21NO2. The van der Waals surface area contributed by atoms with Gasteiger partial charge in [0.1, 0.15) is 5.78 Å². The molecule has 0 spiro atoms. The van der Waals surface area contributed by atoms with Crippen LogP contribution in [0.25, 0.3) is 0 Å². The topological polar surface area (TPSA) is 29.5 Å². The van der Waals surface area contributed by atoms with Gasteiger partial charge >= 0.3 is 0 Å². The second-order valence-corrected chi connectivity index (χ2v) is 4.93. The van der Waals surface area contributed by atoms with Gasteiger partial charge in [0.15, 0.2) is 0 Å². The van der Waals surface area contributed by atoms with Crippen molar-refractivity contribution in [2.24, 2.45) is 5.92 Å². The molecule has 0 aliphatic carbocycles. The number of likely N-dealkylation sites (tertiary alicyclic amines) is 1. The lowest BCUT2D eigenvalue weighted by Crippen LogP contribution is -2.35. The minimum absolute atomic E-state index is 0.328. The molecule has 3 nitrogen and oxygen atoms in total. The molecule has 0 radical (unpaired) electrons. The lowest BCUT2D eigenvalue weighted by molar-refractivity contribution is -0.118. The van der Waals surface area contributed by atoms with E-state index in [1.165, 1.54) is 25.8 Å². The molecule has 2 unspecified atom stereocenters. The minimum Gasteiger partial charge on any atom is -0.381 e. The largest absolute Gasteiger partial charge is 0.381 e. The highest BCUT2D eigenvalue weighted by molar-refractivity contribution is 5.76. The zero-order valence-electron chi connectivity index (χ0n) is 9.58. The fourth-order valence-corrected chi connectivity index (χ4v) is 2.76. The number of nitrogens with zero attached hydrogens (tertiary/aromatic N) is 1. The smallest absolute Gasteiger partial charge is 0.131 e. The Morgan fingerprint density at radius 2 is 2.33 bits per heavy atom. The second kappa shape index (κ2) is 5.08. The summed E-state index contributed by atoms with van der Waals surface area (Å²) in [4.78, 5) is 13.6. The molecular weight excluding hydrogens is 190 g/mol. The molecule has 0 bridgehead atoms. The minimum atomic E-state index is 0.328. The molecule has 0 aromatic heterocycles. The molecule has 0 saturated carbocycles. The molecule has 2 rings (SSSR count). The van der Waals surface area contributed by atoms with Crippen LogP contribution in [-0.4, -0.2) is 43.0 Å². The molecule has 15 heavy (non-hydrogen) atoms. The highest BCUT2D eigenvalue weighted by atomic mass is 16.5. The van der Waals surface area contributed by atoms with Crippen LogP contribution >= 0.6 is 0 Å². The van der Waals surface area contributed by atoms with Crippen molar-refractivity contribution >= 4 is 5.78 Å². The number of hydrogen-bond acceptors (Lipinski definition) is 3. The first-order chi connectivity index (χ1) is 7.25. The molecule has 0 N–H and O–H groups in total. The van der Waals surface area contributed by atoms with Gasteiger partial charge in [-0.3, -0.25) is 9.69 Å². The lowest BCUT2D eigenvalue weighted by Gasteiger charge is -2.25. The fraction of sp³-hybridized carbons (Fsp3) is 0.917. The van der Waals surface area contributed by atoms with Crippen LogP contribution in [0.5, 0.6) is 0 Å². The van der Waals surface area contributed by atoms with Gasteiger partial charge in [0, 0.05) is 25.6 Å². The van der Waals surface area contributed by atoms with Gasteiger partial charge in [-0.15, -0.1) is 0 Å². The van der Waals surface area contributed by atoms with Crippen LogP contribution in [0.3, 0.4) is 0 Å². The van der Waals surface area contributed by atoms with Gasteiger partial charge in [0.05, 0.1) is 6.61 Å². The first kappa shape index (κ1) is 11.1. The Hall–Kier alpha value is -0.410. The van der Waals surface area contributed by atoms with Crippen LogP contribution in [0.2, 0.25) is 0 Å². The number of carbonyl (C=O) groups excluding carboxylic acids is 1. The summed E-state index contributed by atoms with van der Waals surface area (Å²) >= 11 is 0. The zero-order chi connectivity index (χ0) is 10.7. The van der Waals surface area contributed by atoms with Crippen molar-refractivity contribution in [3.63, 3.8) is 0 Å². The second-order valence-electron chi connectivity index (χ2n) is 4.93. The number of carbonyl (C=O) groups is 1. The third-order valence-corrected chi connectivity index (χ3v) is 3.54. The lowest BCUT2D eigenvalue weighted by atomic mass is 10.1. The number of rotatable bonds is 4. The van der Waals surface area contributed by atoms with Crippen molar-refractivity contribution in [1.82, 2.24) is 4.90 Å². The van der Waals surface area contributed by atoms with Crippen LogP contribution in [0.15, 0.2) is 0 Å². The summed E-state index contributed by atoms with van der Waals surface area (Å²) < 4.78 is 5.39. The monoisotopic (exact) mass is 211 g/mol. The average Bonchev–Trinajstić information content (AvgIpc) is 2.78. The summed E-state index contributed by atoms with van der Waals surface area (Å²) in [6.07, 6.45) is 4.40. The van der Waals surface area contributed by atoms with Gasteiger partial charge in [-0.05, 0) is 38.6 Å². The van der Waals surface area contributed by atoms with E-state index in [9.17, 15) is 4.79 Å². The summed E-state index contributed by atoms with van der Waals surface area (Å²) in [6, 6.07) is 0.517. The highest BCUT2D eigenvalue weighted by Crippen LogP contribution is 2.24. The molecule has 2 atom stereocenters. The maximum absolute atomic E-state index is 11.1. The van der Waals surface area contributed by atoms with E-state index < -0.39 is 0 Å². The molecule has 3 heteroatoms. The summed E-state index contributed by atoms with van der Waals surface area (Å²) in [5.41, 5.74) is 0. The molecule has 0 amide bonds. The quantitative estimate of drug-likeness (QED) is 0.705. The van der Waals surface area contributed by atoms with Crippen LogP contribution in [0, 0.1) is 5.92 Å². The molecule has 2 fully saturated rings. The Bertz CT molecular complexity index is 224. The van der Waals surface area contributed by atoms with Crippen LogP contribution in [0.4, 0.5) is 0 Å². The normalized spacial score (nSPS) is 32.3. The number of hydrogen-bond donors (Lipinski definition) is 0. The van der Waals surface area contributed by atoms with Crippen molar-refractivity contribution in [2.75, 3.05) is 26.3 Å². The maximum Gasteiger partial charge on any atom is 0.131 e. The molecule has 0 aromatic rings. The van der Waals surface area contributed by atoms with Crippen molar-refractivity contribution in [3.05, 3.63) is 0 Å². The van der Waals surface area contributed by atoms with E-state index in [0.717, 1.165) is 26.2 Å². The molecule has 2 aliphatic heterocycles. The third kappa shape index (κ3) is 3.02. The van der Waals surface area contributed by atoms with E-state index in [4.69, 9.17) is 4.74 Å². The van der Waals surface area contributed by atoms with Gasteiger partial charge in [-0.1, -0.05) is 0 Å². The van der Waals surface area contributed by atoms with Gasteiger partial charge in [-0.25, -0.2) is 0 Å². The standard InChI is InChI=1S/C12H21NO2/c1-10(14)7-12-3-2-5-13(12)8-11-4-6-15-9-11/h11-12H,2-9H2,1H3. The van der Waals surface area contributed by atoms with Crippen LogP contribution in [-0.2, 0) is 9.53 Å². The van der Waals surface area contributed by atoms with Crippen LogP contribution < -0.4 is 0 Å². The summed E-state index contributed by atoms with van der Waals surface area (Å²) in [6.45, 7) is 5.86. The van der Waals surface area contributed by atoms with Crippen LogP contribution in [0.1, 0.15) is 32.6 Å². The maximum atomic E-state index is 11.1. The van der Waals surface area contributed by atoms with E-state index in [-0.39, 0.29) is 0 Å².